The number of fused-ring (bicyclic) bond motifs is 1. The second-order valence-corrected chi connectivity index (χ2v) is 5.80. The quantitative estimate of drug-likeness (QED) is 0.923. The molecule has 0 saturated carbocycles. The minimum Gasteiger partial charge on any atom is -0.363 e. The first-order chi connectivity index (χ1) is 11.2. The highest BCUT2D eigenvalue weighted by molar-refractivity contribution is 5.83. The number of benzene rings is 1. The fourth-order valence-electron chi connectivity index (χ4n) is 3.01. The highest BCUT2D eigenvalue weighted by atomic mass is 16.5. The minimum atomic E-state index is -0.518. The van der Waals surface area contributed by atoms with Crippen molar-refractivity contribution in [1.29, 1.82) is 0 Å². The number of hydrogen-bond acceptors (Lipinski definition) is 3. The van der Waals surface area contributed by atoms with E-state index >= 15 is 0 Å². The first-order valence-corrected chi connectivity index (χ1v) is 8.25. The van der Waals surface area contributed by atoms with Gasteiger partial charge in [0.05, 0.1) is 18.8 Å². The number of carbonyl (C=O) groups excluding carboxylic acids is 1. The summed E-state index contributed by atoms with van der Waals surface area (Å²) in [4.78, 5) is 12.7. The van der Waals surface area contributed by atoms with E-state index in [0.29, 0.717) is 6.61 Å². The van der Waals surface area contributed by atoms with Gasteiger partial charge in [-0.3, -0.25) is 9.48 Å². The van der Waals surface area contributed by atoms with Gasteiger partial charge < -0.3 is 10.1 Å². The second-order valence-electron chi connectivity index (χ2n) is 5.80. The van der Waals surface area contributed by atoms with Crippen LogP contribution < -0.4 is 5.32 Å². The predicted octanol–water partition coefficient (Wildman–Crippen LogP) is 2.78. The number of carbonyl (C=O) groups is 1. The summed E-state index contributed by atoms with van der Waals surface area (Å²) in [5, 5.41) is 7.41. The first kappa shape index (κ1) is 15.7. The van der Waals surface area contributed by atoms with Gasteiger partial charge in [0.25, 0.3) is 5.91 Å². The maximum absolute atomic E-state index is 12.7. The summed E-state index contributed by atoms with van der Waals surface area (Å²) in [6.45, 7) is 5.51. The molecule has 0 bridgehead atoms. The minimum absolute atomic E-state index is 0.0412. The molecule has 0 fully saturated rings. The number of ether oxygens (including phenoxy) is 1. The van der Waals surface area contributed by atoms with Gasteiger partial charge in [-0.15, -0.1) is 0 Å². The Hall–Kier alpha value is -2.14. The summed E-state index contributed by atoms with van der Waals surface area (Å²) in [6, 6.07) is 7.97. The molecule has 2 atom stereocenters. The van der Waals surface area contributed by atoms with Gasteiger partial charge in [0.2, 0.25) is 0 Å². The maximum atomic E-state index is 12.7. The number of nitrogens with zero attached hydrogens (tertiary/aromatic N) is 2. The average Bonchev–Trinajstić information content (AvgIpc) is 3.08. The van der Waals surface area contributed by atoms with Crippen molar-refractivity contribution in [2.75, 3.05) is 6.61 Å². The van der Waals surface area contributed by atoms with Gasteiger partial charge in [-0.1, -0.05) is 31.2 Å². The summed E-state index contributed by atoms with van der Waals surface area (Å²) < 4.78 is 7.61. The fourth-order valence-corrected chi connectivity index (χ4v) is 3.01. The van der Waals surface area contributed by atoms with Crippen LogP contribution in [0, 0.1) is 0 Å². The molecule has 23 heavy (non-hydrogen) atoms. The van der Waals surface area contributed by atoms with Crippen LogP contribution in [0.1, 0.15) is 49.1 Å². The molecule has 1 aliphatic heterocycles. The summed E-state index contributed by atoms with van der Waals surface area (Å²) in [5.41, 5.74) is 3.22. The average molecular weight is 313 g/mol. The van der Waals surface area contributed by atoms with Crippen molar-refractivity contribution in [2.24, 2.45) is 0 Å². The van der Waals surface area contributed by atoms with Crippen LogP contribution in [0.25, 0.3) is 0 Å². The van der Waals surface area contributed by atoms with Crippen molar-refractivity contribution >= 4 is 5.91 Å². The summed E-state index contributed by atoms with van der Waals surface area (Å²) >= 11 is 0. The van der Waals surface area contributed by atoms with Crippen molar-refractivity contribution in [3.8, 4) is 0 Å². The Kier molecular flexibility index (Phi) is 4.76. The van der Waals surface area contributed by atoms with E-state index in [1.807, 2.05) is 42.2 Å². The zero-order chi connectivity index (χ0) is 16.2. The molecular weight excluding hydrogens is 290 g/mol. The van der Waals surface area contributed by atoms with Crippen LogP contribution in [-0.2, 0) is 22.5 Å². The van der Waals surface area contributed by atoms with Gasteiger partial charge in [-0.2, -0.15) is 5.10 Å². The predicted molar refractivity (Wildman–Crippen MR) is 87.9 cm³/mol. The lowest BCUT2D eigenvalue weighted by atomic mass is 9.96. The number of rotatable bonds is 5. The number of aromatic nitrogens is 2. The molecule has 3 rings (SSSR count). The van der Waals surface area contributed by atoms with E-state index in [1.165, 1.54) is 5.56 Å². The molecule has 1 aromatic heterocycles. The topological polar surface area (TPSA) is 56.1 Å². The second kappa shape index (κ2) is 6.96. The van der Waals surface area contributed by atoms with E-state index in [9.17, 15) is 4.79 Å². The Labute approximate surface area is 136 Å². The maximum Gasteiger partial charge on any atom is 0.254 e. The van der Waals surface area contributed by atoms with Crippen LogP contribution >= 0.6 is 0 Å². The SMILES string of the molecule is CC[C@H](NC(=O)[C@H]1OCCc2ccccc21)c1cnn(CC)c1. The van der Waals surface area contributed by atoms with E-state index in [1.54, 1.807) is 0 Å². The third-order valence-electron chi connectivity index (χ3n) is 4.34. The molecule has 1 aromatic carbocycles. The van der Waals surface area contributed by atoms with Gasteiger partial charge in [-0.25, -0.2) is 0 Å². The third-order valence-corrected chi connectivity index (χ3v) is 4.34. The first-order valence-electron chi connectivity index (χ1n) is 8.25. The Morgan fingerprint density at radius 1 is 1.43 bits per heavy atom. The van der Waals surface area contributed by atoms with Gasteiger partial charge >= 0.3 is 0 Å². The van der Waals surface area contributed by atoms with Crippen LogP contribution in [-0.4, -0.2) is 22.3 Å². The Morgan fingerprint density at radius 2 is 2.26 bits per heavy atom. The van der Waals surface area contributed by atoms with E-state index in [4.69, 9.17) is 4.74 Å². The number of nitrogens with one attached hydrogen (secondary N) is 1. The van der Waals surface area contributed by atoms with Gasteiger partial charge in [0.15, 0.2) is 6.10 Å². The highest BCUT2D eigenvalue weighted by Gasteiger charge is 2.28. The third kappa shape index (κ3) is 3.29. The molecule has 5 heteroatoms. The molecule has 2 heterocycles. The molecule has 0 unspecified atom stereocenters. The molecular formula is C18H23N3O2. The lowest BCUT2D eigenvalue weighted by molar-refractivity contribution is -0.135. The van der Waals surface area contributed by atoms with Crippen molar-refractivity contribution in [1.82, 2.24) is 15.1 Å². The molecule has 0 aliphatic carbocycles. The summed E-state index contributed by atoms with van der Waals surface area (Å²) in [5.74, 6) is -0.0757. The van der Waals surface area contributed by atoms with Gasteiger partial charge in [0.1, 0.15) is 0 Å². The van der Waals surface area contributed by atoms with Crippen LogP contribution in [0.2, 0.25) is 0 Å². The molecule has 0 spiro atoms. The molecule has 0 radical (unpaired) electrons. The van der Waals surface area contributed by atoms with Crippen molar-refractivity contribution in [2.45, 2.75) is 45.4 Å². The molecule has 1 amide bonds. The van der Waals surface area contributed by atoms with Crippen LogP contribution in [0.5, 0.6) is 0 Å². The smallest absolute Gasteiger partial charge is 0.254 e. The van der Waals surface area contributed by atoms with Crippen LogP contribution in [0.15, 0.2) is 36.7 Å². The van der Waals surface area contributed by atoms with E-state index in [2.05, 4.69) is 23.4 Å². The van der Waals surface area contributed by atoms with Gasteiger partial charge in [0, 0.05) is 18.3 Å². The van der Waals surface area contributed by atoms with Crippen molar-refractivity contribution in [3.05, 3.63) is 53.3 Å². The molecule has 5 nitrogen and oxygen atoms in total. The largest absolute Gasteiger partial charge is 0.363 e. The van der Waals surface area contributed by atoms with Crippen molar-refractivity contribution in [3.63, 3.8) is 0 Å². The van der Waals surface area contributed by atoms with Crippen LogP contribution in [0.4, 0.5) is 0 Å². The molecule has 122 valence electrons. The zero-order valence-electron chi connectivity index (χ0n) is 13.7. The van der Waals surface area contributed by atoms with E-state index in [-0.39, 0.29) is 11.9 Å². The molecule has 0 saturated heterocycles. The van der Waals surface area contributed by atoms with E-state index in [0.717, 1.165) is 30.5 Å². The lowest BCUT2D eigenvalue weighted by Gasteiger charge is -2.27. The Balaban J connectivity index is 1.75. The number of hydrogen-bond donors (Lipinski definition) is 1. The fraction of sp³-hybridized carbons (Fsp3) is 0.444. The standard InChI is InChI=1S/C18H23N3O2/c1-3-16(14-11-19-21(4-2)12-14)20-18(22)17-15-8-6-5-7-13(15)9-10-23-17/h5-8,11-12,16-17H,3-4,9-10H2,1-2H3,(H,20,22)/t16-,17-/m0/s1. The molecule has 1 aliphatic rings. The number of aryl methyl sites for hydroxylation is 1. The van der Waals surface area contributed by atoms with Crippen molar-refractivity contribution < 1.29 is 9.53 Å². The lowest BCUT2D eigenvalue weighted by Crippen LogP contribution is -2.36. The number of amides is 1. The van der Waals surface area contributed by atoms with Gasteiger partial charge in [-0.05, 0) is 30.9 Å². The monoisotopic (exact) mass is 313 g/mol. The zero-order valence-corrected chi connectivity index (χ0v) is 13.7. The Morgan fingerprint density at radius 3 is 3.00 bits per heavy atom. The highest BCUT2D eigenvalue weighted by Crippen LogP contribution is 2.28. The summed E-state index contributed by atoms with van der Waals surface area (Å²) in [6.07, 6.45) is 4.98. The molecule has 2 aromatic rings. The normalized spacial score (nSPS) is 18.3. The summed E-state index contributed by atoms with van der Waals surface area (Å²) in [7, 11) is 0. The molecule has 1 N–H and O–H groups in total. The Bertz CT molecular complexity index is 680. The van der Waals surface area contributed by atoms with Crippen LogP contribution in [0.3, 0.4) is 0 Å². The van der Waals surface area contributed by atoms with E-state index < -0.39 is 6.10 Å².